The summed E-state index contributed by atoms with van der Waals surface area (Å²) in [4.78, 5) is 37.2. The molecule has 1 aromatic heterocycles. The average Bonchev–Trinajstić information content (AvgIpc) is 3.25. The van der Waals surface area contributed by atoms with E-state index in [4.69, 9.17) is 0 Å². The Labute approximate surface area is 157 Å². The summed E-state index contributed by atoms with van der Waals surface area (Å²) in [6, 6.07) is 1.76. The van der Waals surface area contributed by atoms with Crippen molar-refractivity contribution in [1.82, 2.24) is 20.2 Å². The highest BCUT2D eigenvalue weighted by Gasteiger charge is 2.26. The normalized spacial score (nSPS) is 25.9. The highest BCUT2D eigenvalue weighted by molar-refractivity contribution is 8.18. The summed E-state index contributed by atoms with van der Waals surface area (Å²) < 4.78 is 0. The molecule has 1 N–H and O–H groups in total. The van der Waals surface area contributed by atoms with Crippen molar-refractivity contribution in [3.63, 3.8) is 0 Å². The molecule has 0 bridgehead atoms. The molecule has 8 heteroatoms. The van der Waals surface area contributed by atoms with E-state index in [2.05, 4.69) is 25.1 Å². The first kappa shape index (κ1) is 17.5. The van der Waals surface area contributed by atoms with Crippen LogP contribution in [0.2, 0.25) is 0 Å². The number of nitrogens with one attached hydrogen (secondary N) is 1. The Bertz CT molecular complexity index is 732. The predicted molar refractivity (Wildman–Crippen MR) is 102 cm³/mol. The zero-order valence-corrected chi connectivity index (χ0v) is 15.5. The van der Waals surface area contributed by atoms with Crippen LogP contribution >= 0.6 is 11.8 Å². The zero-order valence-electron chi connectivity index (χ0n) is 14.7. The summed E-state index contributed by atoms with van der Waals surface area (Å²) in [5.41, 5.74) is 0.656. The molecule has 138 valence electrons. The molecule has 3 aliphatic heterocycles. The van der Waals surface area contributed by atoms with Gasteiger partial charge in [-0.15, -0.1) is 0 Å². The van der Waals surface area contributed by atoms with Gasteiger partial charge in [-0.2, -0.15) is 0 Å². The molecule has 2 amide bonds. The van der Waals surface area contributed by atoms with Gasteiger partial charge in [-0.1, -0.05) is 0 Å². The van der Waals surface area contributed by atoms with Gasteiger partial charge in [0.1, 0.15) is 0 Å². The molecule has 7 nitrogen and oxygen atoms in total. The number of likely N-dealkylation sites (tertiary alicyclic amines) is 1. The van der Waals surface area contributed by atoms with Crippen molar-refractivity contribution in [2.75, 3.05) is 37.6 Å². The Hall–Kier alpha value is -1.93. The van der Waals surface area contributed by atoms with Gasteiger partial charge in [0.15, 0.2) is 0 Å². The van der Waals surface area contributed by atoms with Crippen LogP contribution in [-0.2, 0) is 4.79 Å². The first-order chi connectivity index (χ1) is 12.7. The molecule has 1 aromatic rings. The smallest absolute Gasteiger partial charge is 0.290 e. The van der Waals surface area contributed by atoms with Gasteiger partial charge in [0.25, 0.3) is 11.1 Å². The second-order valence-electron chi connectivity index (χ2n) is 7.10. The molecule has 0 spiro atoms. The van der Waals surface area contributed by atoms with E-state index in [9.17, 15) is 9.59 Å². The van der Waals surface area contributed by atoms with Crippen LogP contribution in [0.3, 0.4) is 0 Å². The molecular weight excluding hydrogens is 350 g/mol. The second-order valence-corrected chi connectivity index (χ2v) is 8.11. The van der Waals surface area contributed by atoms with Gasteiger partial charge in [0.2, 0.25) is 5.95 Å². The summed E-state index contributed by atoms with van der Waals surface area (Å²) in [7, 11) is 0. The molecule has 0 aromatic carbocycles. The summed E-state index contributed by atoms with van der Waals surface area (Å²) in [5.74, 6) is 1.00. The highest BCUT2D eigenvalue weighted by Crippen LogP contribution is 2.26. The van der Waals surface area contributed by atoms with E-state index >= 15 is 0 Å². The van der Waals surface area contributed by atoms with Crippen molar-refractivity contribution in [2.24, 2.45) is 5.92 Å². The largest absolute Gasteiger partial charge is 0.340 e. The van der Waals surface area contributed by atoms with Gasteiger partial charge in [-0.25, -0.2) is 9.97 Å². The van der Waals surface area contributed by atoms with E-state index in [1.165, 1.54) is 38.9 Å². The minimum absolute atomic E-state index is 0.337. The average molecular weight is 373 g/mol. The van der Waals surface area contributed by atoms with E-state index in [1.807, 2.05) is 0 Å². The third-order valence-electron chi connectivity index (χ3n) is 5.10. The number of hydrogen-bond acceptors (Lipinski definition) is 7. The van der Waals surface area contributed by atoms with Crippen LogP contribution < -0.4 is 10.2 Å². The van der Waals surface area contributed by atoms with Crippen molar-refractivity contribution in [3.05, 3.63) is 22.9 Å². The molecule has 0 radical (unpaired) electrons. The highest BCUT2D eigenvalue weighted by atomic mass is 32.2. The van der Waals surface area contributed by atoms with Crippen LogP contribution in [0.25, 0.3) is 6.08 Å². The maximum absolute atomic E-state index is 11.7. The maximum atomic E-state index is 11.7. The molecular formula is C18H23N5O2S. The van der Waals surface area contributed by atoms with Crippen molar-refractivity contribution in [1.29, 1.82) is 0 Å². The Morgan fingerprint density at radius 3 is 2.85 bits per heavy atom. The van der Waals surface area contributed by atoms with E-state index in [0.29, 0.717) is 22.5 Å². The van der Waals surface area contributed by atoms with Crippen LogP contribution in [-0.4, -0.2) is 58.7 Å². The van der Waals surface area contributed by atoms with Crippen molar-refractivity contribution >= 4 is 34.9 Å². The lowest BCUT2D eigenvalue weighted by Crippen LogP contribution is -2.41. The topological polar surface area (TPSA) is 78.4 Å². The summed E-state index contributed by atoms with van der Waals surface area (Å²) >= 11 is 0.910. The minimum atomic E-state index is -0.358. The van der Waals surface area contributed by atoms with E-state index in [-0.39, 0.29) is 11.1 Å². The Balaban J connectivity index is 1.44. The molecule has 0 saturated carbocycles. The van der Waals surface area contributed by atoms with Crippen LogP contribution in [0.4, 0.5) is 10.7 Å². The molecule has 3 aliphatic rings. The molecule has 4 heterocycles. The van der Waals surface area contributed by atoms with Crippen molar-refractivity contribution in [3.8, 4) is 0 Å². The Kier molecular flexibility index (Phi) is 5.21. The van der Waals surface area contributed by atoms with Crippen molar-refractivity contribution in [2.45, 2.75) is 25.7 Å². The zero-order chi connectivity index (χ0) is 17.9. The first-order valence-corrected chi connectivity index (χ1v) is 10.0. The molecule has 26 heavy (non-hydrogen) atoms. The van der Waals surface area contributed by atoms with E-state index < -0.39 is 0 Å². The van der Waals surface area contributed by atoms with Gasteiger partial charge in [-0.05, 0) is 68.6 Å². The Morgan fingerprint density at radius 2 is 2.08 bits per heavy atom. The fourth-order valence-electron chi connectivity index (χ4n) is 3.88. The lowest BCUT2D eigenvalue weighted by atomic mass is 9.98. The fraction of sp³-hybridized carbons (Fsp3) is 0.556. The van der Waals surface area contributed by atoms with Gasteiger partial charge < -0.3 is 9.80 Å². The third kappa shape index (κ3) is 4.07. The number of carbonyl (C=O) groups excluding carboxylic acids is 2. The summed E-state index contributed by atoms with van der Waals surface area (Å²) in [6.07, 6.45) is 8.43. The number of rotatable bonds is 4. The number of imide groups is 1. The number of amides is 2. The molecule has 4 rings (SSSR count). The predicted octanol–water partition coefficient (Wildman–Crippen LogP) is 2.11. The second kappa shape index (κ2) is 7.75. The quantitative estimate of drug-likeness (QED) is 0.810. The molecule has 3 fully saturated rings. The van der Waals surface area contributed by atoms with Crippen molar-refractivity contribution < 1.29 is 9.59 Å². The number of anilines is 1. The Morgan fingerprint density at radius 1 is 1.23 bits per heavy atom. The van der Waals surface area contributed by atoms with Gasteiger partial charge in [0.05, 0.1) is 10.6 Å². The minimum Gasteiger partial charge on any atom is -0.340 e. The van der Waals surface area contributed by atoms with Crippen LogP contribution in [0.1, 0.15) is 31.4 Å². The van der Waals surface area contributed by atoms with E-state index in [0.717, 1.165) is 31.3 Å². The monoisotopic (exact) mass is 373 g/mol. The maximum Gasteiger partial charge on any atom is 0.290 e. The number of piperidine rings is 1. The number of nitrogens with zero attached hydrogens (tertiary/aromatic N) is 4. The number of carbonyl (C=O) groups is 2. The number of aromatic nitrogens is 2. The summed E-state index contributed by atoms with van der Waals surface area (Å²) in [5, 5.41) is 1.93. The van der Waals surface area contributed by atoms with Crippen LogP contribution in [0.15, 0.2) is 17.2 Å². The van der Waals surface area contributed by atoms with E-state index in [1.54, 1.807) is 18.3 Å². The lowest BCUT2D eigenvalue weighted by Gasteiger charge is -2.34. The van der Waals surface area contributed by atoms with Gasteiger partial charge in [-0.3, -0.25) is 14.9 Å². The molecule has 1 atom stereocenters. The number of thioether (sulfide) groups is 1. The SMILES string of the molecule is O=C1NC(=O)/C(=C\c2ccnc(N3CCCC(CN4CCCC4)C3)n2)S1. The lowest BCUT2D eigenvalue weighted by molar-refractivity contribution is -0.115. The first-order valence-electron chi connectivity index (χ1n) is 9.22. The standard InChI is InChI=1S/C18H23N5O2S/c24-16-15(26-18(25)21-16)10-14-5-6-19-17(20-14)23-9-3-4-13(12-23)11-22-7-1-2-8-22/h5-6,10,13H,1-4,7-9,11-12H2,(H,21,24,25)/b15-10+. The van der Waals surface area contributed by atoms with Gasteiger partial charge >= 0.3 is 0 Å². The molecule has 0 aliphatic carbocycles. The van der Waals surface area contributed by atoms with Crippen LogP contribution in [0, 0.1) is 5.92 Å². The van der Waals surface area contributed by atoms with Crippen LogP contribution in [0.5, 0.6) is 0 Å². The van der Waals surface area contributed by atoms with Gasteiger partial charge in [0, 0.05) is 25.8 Å². The third-order valence-corrected chi connectivity index (χ3v) is 5.91. The number of hydrogen-bond donors (Lipinski definition) is 1. The summed E-state index contributed by atoms with van der Waals surface area (Å²) in [6.45, 7) is 5.57. The molecule has 1 unspecified atom stereocenters. The molecule has 3 saturated heterocycles. The fourth-order valence-corrected chi connectivity index (χ4v) is 4.54.